The lowest BCUT2D eigenvalue weighted by Gasteiger charge is -2.25. The van der Waals surface area contributed by atoms with Gasteiger partial charge in [0, 0.05) is 6.07 Å². The van der Waals surface area contributed by atoms with E-state index in [4.69, 9.17) is 14.2 Å². The summed E-state index contributed by atoms with van der Waals surface area (Å²) >= 11 is 0. The van der Waals surface area contributed by atoms with Gasteiger partial charge in [-0.1, -0.05) is 18.2 Å². The second-order valence-corrected chi connectivity index (χ2v) is 9.56. The predicted octanol–water partition coefficient (Wildman–Crippen LogP) is 2.73. The average Bonchev–Trinajstić information content (AvgIpc) is 3.35. The van der Waals surface area contributed by atoms with Crippen LogP contribution in [0.25, 0.3) is 0 Å². The van der Waals surface area contributed by atoms with Crippen molar-refractivity contribution in [3.05, 3.63) is 48.5 Å². The molecule has 0 heterocycles. The van der Waals surface area contributed by atoms with Gasteiger partial charge in [-0.3, -0.25) is 13.9 Å². The van der Waals surface area contributed by atoms with Gasteiger partial charge in [0.25, 0.3) is 15.9 Å². The standard InChI is InChI=1S/C24H29N3O7S/c1-4-34-24(29)19-11-8-12-20(19)25-26-23(28)16-27(35(30,31)18-9-6-5-7-10-18)21-15-17(32-2)13-14-22(21)33-3/h5-7,9-10,13-15,19H,4,8,11-12,16H2,1-3H3,(H,26,28). The van der Waals surface area contributed by atoms with Crippen LogP contribution in [0.3, 0.4) is 0 Å². The molecule has 1 aliphatic carbocycles. The van der Waals surface area contributed by atoms with Crippen LogP contribution in [0.5, 0.6) is 11.5 Å². The number of amides is 1. The third-order valence-electron chi connectivity index (χ3n) is 5.50. The highest BCUT2D eigenvalue weighted by atomic mass is 32.2. The molecule has 10 nitrogen and oxygen atoms in total. The molecule has 1 atom stereocenters. The van der Waals surface area contributed by atoms with Gasteiger partial charge in [0.05, 0.1) is 43.0 Å². The van der Waals surface area contributed by atoms with Crippen molar-refractivity contribution in [3.8, 4) is 11.5 Å². The molecule has 0 bridgehead atoms. The van der Waals surface area contributed by atoms with Crippen LogP contribution in [0, 0.1) is 5.92 Å². The number of sulfonamides is 1. The van der Waals surface area contributed by atoms with Gasteiger partial charge in [-0.05, 0) is 50.5 Å². The first-order valence-electron chi connectivity index (χ1n) is 11.1. The summed E-state index contributed by atoms with van der Waals surface area (Å²) in [6.45, 7) is 1.39. The fourth-order valence-electron chi connectivity index (χ4n) is 3.77. The number of carbonyl (C=O) groups is 2. The Kier molecular flexibility index (Phi) is 8.69. The van der Waals surface area contributed by atoms with Crippen molar-refractivity contribution >= 4 is 33.3 Å². The first-order chi connectivity index (χ1) is 16.8. The van der Waals surface area contributed by atoms with E-state index in [0.717, 1.165) is 10.7 Å². The van der Waals surface area contributed by atoms with E-state index in [0.29, 0.717) is 24.3 Å². The Morgan fingerprint density at radius 3 is 2.51 bits per heavy atom. The fourth-order valence-corrected chi connectivity index (χ4v) is 5.21. The van der Waals surface area contributed by atoms with Crippen molar-refractivity contribution < 1.29 is 32.2 Å². The Morgan fingerprint density at radius 1 is 1.11 bits per heavy atom. The van der Waals surface area contributed by atoms with E-state index in [2.05, 4.69) is 10.5 Å². The second kappa shape index (κ2) is 11.7. The molecule has 11 heteroatoms. The maximum atomic E-state index is 13.6. The largest absolute Gasteiger partial charge is 0.497 e. The summed E-state index contributed by atoms with van der Waals surface area (Å²) in [6.07, 6.45) is 1.87. The van der Waals surface area contributed by atoms with E-state index in [1.807, 2.05) is 0 Å². The lowest BCUT2D eigenvalue weighted by Crippen LogP contribution is -2.40. The number of carbonyl (C=O) groups excluding carboxylic acids is 2. The highest BCUT2D eigenvalue weighted by Gasteiger charge is 2.32. The predicted molar refractivity (Wildman–Crippen MR) is 130 cm³/mol. The van der Waals surface area contributed by atoms with Gasteiger partial charge in [-0.25, -0.2) is 13.8 Å². The Labute approximate surface area is 204 Å². The minimum absolute atomic E-state index is 0.00200. The normalized spacial score (nSPS) is 16.5. The van der Waals surface area contributed by atoms with Crippen molar-refractivity contribution in [3.63, 3.8) is 0 Å². The molecular weight excluding hydrogens is 474 g/mol. The van der Waals surface area contributed by atoms with E-state index in [1.165, 1.54) is 32.4 Å². The molecule has 0 spiro atoms. The molecule has 1 saturated carbocycles. The van der Waals surface area contributed by atoms with Gasteiger partial charge in [0.15, 0.2) is 0 Å². The van der Waals surface area contributed by atoms with Gasteiger partial charge in [0.1, 0.15) is 18.0 Å². The number of hydrogen-bond donors (Lipinski definition) is 1. The quantitative estimate of drug-likeness (QED) is 0.391. The molecule has 0 saturated heterocycles. The van der Waals surface area contributed by atoms with Crippen LogP contribution in [0.2, 0.25) is 0 Å². The number of methoxy groups -OCH3 is 2. The molecule has 188 valence electrons. The van der Waals surface area contributed by atoms with Crippen molar-refractivity contribution in [2.45, 2.75) is 31.1 Å². The first-order valence-corrected chi connectivity index (χ1v) is 12.6. The zero-order valence-electron chi connectivity index (χ0n) is 19.9. The highest BCUT2D eigenvalue weighted by molar-refractivity contribution is 7.92. The minimum atomic E-state index is -4.16. The van der Waals surface area contributed by atoms with Gasteiger partial charge < -0.3 is 14.2 Å². The molecule has 0 radical (unpaired) electrons. The zero-order chi connectivity index (χ0) is 25.4. The van der Waals surface area contributed by atoms with Crippen molar-refractivity contribution in [2.24, 2.45) is 11.0 Å². The molecular formula is C24H29N3O7S. The SMILES string of the molecule is CCOC(=O)C1CCCC1=NNC(=O)CN(c1cc(OC)ccc1OC)S(=O)(=O)c1ccccc1. The summed E-state index contributed by atoms with van der Waals surface area (Å²) in [5.74, 6) is -0.956. The van der Waals surface area contributed by atoms with E-state index in [-0.39, 0.29) is 28.9 Å². The lowest BCUT2D eigenvalue weighted by molar-refractivity contribution is -0.145. The number of nitrogens with one attached hydrogen (secondary N) is 1. The van der Waals surface area contributed by atoms with E-state index >= 15 is 0 Å². The third kappa shape index (κ3) is 6.10. The van der Waals surface area contributed by atoms with Crippen LogP contribution in [-0.2, 0) is 24.3 Å². The van der Waals surface area contributed by atoms with Crippen molar-refractivity contribution in [1.82, 2.24) is 5.43 Å². The molecule has 1 fully saturated rings. The lowest BCUT2D eigenvalue weighted by atomic mass is 10.1. The topological polar surface area (TPSA) is 124 Å². The maximum Gasteiger partial charge on any atom is 0.314 e. The van der Waals surface area contributed by atoms with Crippen molar-refractivity contribution in [2.75, 3.05) is 31.7 Å². The summed E-state index contributed by atoms with van der Waals surface area (Å²) in [5, 5.41) is 4.12. The maximum absolute atomic E-state index is 13.6. The van der Waals surface area contributed by atoms with Crippen LogP contribution < -0.4 is 19.2 Å². The Hall–Kier alpha value is -3.60. The number of hydrogen-bond acceptors (Lipinski definition) is 8. The van der Waals surface area contributed by atoms with Crippen LogP contribution in [0.1, 0.15) is 26.2 Å². The Bertz CT molecular complexity index is 1180. The molecule has 35 heavy (non-hydrogen) atoms. The zero-order valence-corrected chi connectivity index (χ0v) is 20.7. The van der Waals surface area contributed by atoms with E-state index in [1.54, 1.807) is 37.3 Å². The minimum Gasteiger partial charge on any atom is -0.497 e. The number of rotatable bonds is 10. The highest BCUT2D eigenvalue weighted by Crippen LogP contribution is 2.35. The van der Waals surface area contributed by atoms with E-state index < -0.39 is 28.4 Å². The second-order valence-electron chi connectivity index (χ2n) is 7.70. The van der Waals surface area contributed by atoms with E-state index in [9.17, 15) is 18.0 Å². The molecule has 2 aromatic rings. The summed E-state index contributed by atoms with van der Waals surface area (Å²) in [4.78, 5) is 25.1. The van der Waals surface area contributed by atoms with Crippen LogP contribution in [-0.4, -0.2) is 53.4 Å². The molecule has 0 aliphatic heterocycles. The Balaban J connectivity index is 1.92. The number of benzene rings is 2. The molecule has 3 rings (SSSR count). The summed E-state index contributed by atoms with van der Waals surface area (Å²) in [5.41, 5.74) is 3.04. The monoisotopic (exact) mass is 503 g/mol. The third-order valence-corrected chi connectivity index (χ3v) is 7.27. The fraction of sp³-hybridized carbons (Fsp3) is 0.375. The van der Waals surface area contributed by atoms with Crippen LogP contribution in [0.4, 0.5) is 5.69 Å². The number of esters is 1. The summed E-state index contributed by atoms with van der Waals surface area (Å²) in [7, 11) is -1.31. The van der Waals surface area contributed by atoms with Crippen molar-refractivity contribution in [1.29, 1.82) is 0 Å². The van der Waals surface area contributed by atoms with Gasteiger partial charge >= 0.3 is 5.97 Å². The molecule has 1 aliphatic rings. The smallest absolute Gasteiger partial charge is 0.314 e. The number of anilines is 1. The summed E-state index contributed by atoms with van der Waals surface area (Å²) < 4.78 is 43.8. The number of ether oxygens (including phenoxy) is 3. The van der Waals surface area contributed by atoms with Gasteiger partial charge in [-0.15, -0.1) is 0 Å². The number of hydrazone groups is 1. The van der Waals surface area contributed by atoms with Gasteiger partial charge in [-0.2, -0.15) is 5.10 Å². The average molecular weight is 504 g/mol. The molecule has 0 aromatic heterocycles. The molecule has 1 unspecified atom stereocenters. The molecule has 2 aromatic carbocycles. The van der Waals surface area contributed by atoms with Crippen LogP contribution in [0.15, 0.2) is 58.5 Å². The van der Waals surface area contributed by atoms with Crippen LogP contribution >= 0.6 is 0 Å². The molecule has 1 N–H and O–H groups in total. The summed E-state index contributed by atoms with van der Waals surface area (Å²) in [6, 6.07) is 12.4. The van der Waals surface area contributed by atoms with Gasteiger partial charge in [0.2, 0.25) is 0 Å². The Morgan fingerprint density at radius 2 is 1.86 bits per heavy atom. The molecule has 1 amide bonds. The first kappa shape index (κ1) is 26.0. The number of nitrogens with zero attached hydrogens (tertiary/aromatic N) is 2.